The molecule has 1 aliphatic heterocycles. The number of ether oxygens (including phenoxy) is 4. The second-order valence-corrected chi connectivity index (χ2v) is 9.71. The summed E-state index contributed by atoms with van der Waals surface area (Å²) in [6.45, 7) is 2.04. The number of aromatic nitrogens is 2. The SMILES string of the molecule is COCC(=O)N1CCN(Cc2ccc(OCCn3ccnc3)c(OC)c2)CC(O)(COc2cc(F)cc(F)c2)C1. The third-order valence-corrected chi connectivity index (χ3v) is 6.45. The fourth-order valence-electron chi connectivity index (χ4n) is 4.59. The molecule has 0 radical (unpaired) electrons. The van der Waals surface area contributed by atoms with Gasteiger partial charge in [0.1, 0.15) is 42.8 Å². The number of benzene rings is 2. The number of halogens is 2. The Balaban J connectivity index is 1.45. The molecule has 216 valence electrons. The highest BCUT2D eigenvalue weighted by Gasteiger charge is 2.37. The van der Waals surface area contributed by atoms with Gasteiger partial charge < -0.3 is 33.5 Å². The third-order valence-electron chi connectivity index (χ3n) is 6.45. The molecule has 0 spiro atoms. The lowest BCUT2D eigenvalue weighted by Crippen LogP contribution is -2.52. The minimum absolute atomic E-state index is 0.0312. The molecular formula is C28H34F2N4O6. The minimum Gasteiger partial charge on any atom is -0.493 e. The summed E-state index contributed by atoms with van der Waals surface area (Å²) in [7, 11) is 2.99. The van der Waals surface area contributed by atoms with E-state index in [1.165, 1.54) is 12.0 Å². The molecule has 1 unspecified atom stereocenters. The van der Waals surface area contributed by atoms with Gasteiger partial charge in [-0.3, -0.25) is 9.69 Å². The van der Waals surface area contributed by atoms with Gasteiger partial charge in [0.05, 0.1) is 26.5 Å². The lowest BCUT2D eigenvalue weighted by atomic mass is 10.0. The maximum absolute atomic E-state index is 13.7. The van der Waals surface area contributed by atoms with Crippen molar-refractivity contribution in [2.45, 2.75) is 18.7 Å². The van der Waals surface area contributed by atoms with Crippen LogP contribution in [0, 0.1) is 11.6 Å². The van der Waals surface area contributed by atoms with E-state index in [0.717, 1.165) is 23.8 Å². The second-order valence-electron chi connectivity index (χ2n) is 9.71. The molecule has 1 N–H and O–H groups in total. The normalized spacial score (nSPS) is 17.9. The Morgan fingerprint density at radius 1 is 1.05 bits per heavy atom. The number of β-amino-alcohol motifs (C(OH)–C–C–N with tert-alkyl or cyclic N) is 1. The lowest BCUT2D eigenvalue weighted by Gasteiger charge is -2.33. The molecule has 40 heavy (non-hydrogen) atoms. The molecule has 12 heteroatoms. The third kappa shape index (κ3) is 8.13. The summed E-state index contributed by atoms with van der Waals surface area (Å²) in [5, 5.41) is 11.6. The van der Waals surface area contributed by atoms with Crippen molar-refractivity contribution in [1.29, 1.82) is 0 Å². The summed E-state index contributed by atoms with van der Waals surface area (Å²) < 4.78 is 51.3. The molecule has 10 nitrogen and oxygen atoms in total. The van der Waals surface area contributed by atoms with Gasteiger partial charge in [-0.1, -0.05) is 6.07 Å². The predicted molar refractivity (Wildman–Crippen MR) is 141 cm³/mol. The molecule has 1 amide bonds. The van der Waals surface area contributed by atoms with E-state index in [0.29, 0.717) is 44.3 Å². The fourth-order valence-corrected chi connectivity index (χ4v) is 4.59. The number of carbonyl (C=O) groups excluding carboxylic acids is 1. The molecule has 0 aliphatic carbocycles. The van der Waals surface area contributed by atoms with Crippen molar-refractivity contribution in [3.05, 3.63) is 72.3 Å². The highest BCUT2D eigenvalue weighted by Crippen LogP contribution is 2.29. The van der Waals surface area contributed by atoms with Crippen LogP contribution >= 0.6 is 0 Å². The largest absolute Gasteiger partial charge is 0.493 e. The van der Waals surface area contributed by atoms with Crippen LogP contribution in [-0.2, 0) is 22.6 Å². The maximum atomic E-state index is 13.7. The van der Waals surface area contributed by atoms with Crippen molar-refractivity contribution >= 4 is 5.91 Å². The summed E-state index contributed by atoms with van der Waals surface area (Å²) in [4.78, 5) is 20.2. The molecular weight excluding hydrogens is 526 g/mol. The van der Waals surface area contributed by atoms with E-state index < -0.39 is 17.2 Å². The minimum atomic E-state index is -1.52. The molecule has 4 rings (SSSR count). The molecule has 1 saturated heterocycles. The Bertz CT molecular complexity index is 1240. The zero-order valence-electron chi connectivity index (χ0n) is 22.6. The second kappa shape index (κ2) is 13.6. The number of amides is 1. The molecule has 0 saturated carbocycles. The van der Waals surface area contributed by atoms with Crippen molar-refractivity contribution in [3.63, 3.8) is 0 Å². The molecule has 3 aromatic rings. The highest BCUT2D eigenvalue weighted by atomic mass is 19.1. The average molecular weight is 561 g/mol. The van der Waals surface area contributed by atoms with Crippen LogP contribution in [0.25, 0.3) is 0 Å². The molecule has 1 aromatic heterocycles. The molecule has 2 heterocycles. The number of rotatable bonds is 12. The van der Waals surface area contributed by atoms with Crippen molar-refractivity contribution in [2.24, 2.45) is 0 Å². The first-order chi connectivity index (χ1) is 19.3. The van der Waals surface area contributed by atoms with Crippen LogP contribution in [0.2, 0.25) is 0 Å². The Morgan fingerprint density at radius 3 is 2.55 bits per heavy atom. The monoisotopic (exact) mass is 560 g/mol. The van der Waals surface area contributed by atoms with Gasteiger partial charge in [-0.15, -0.1) is 0 Å². The van der Waals surface area contributed by atoms with E-state index in [2.05, 4.69) is 4.98 Å². The van der Waals surface area contributed by atoms with Gasteiger partial charge in [0.15, 0.2) is 11.5 Å². The highest BCUT2D eigenvalue weighted by molar-refractivity contribution is 5.77. The van der Waals surface area contributed by atoms with E-state index in [1.807, 2.05) is 33.9 Å². The number of hydrogen-bond donors (Lipinski definition) is 1. The first-order valence-electron chi connectivity index (χ1n) is 12.8. The molecule has 1 fully saturated rings. The number of imidazole rings is 1. The van der Waals surface area contributed by atoms with E-state index in [-0.39, 0.29) is 38.0 Å². The van der Waals surface area contributed by atoms with Gasteiger partial charge in [0, 0.05) is 63.9 Å². The smallest absolute Gasteiger partial charge is 0.248 e. The van der Waals surface area contributed by atoms with Crippen molar-refractivity contribution < 1.29 is 37.6 Å². The Morgan fingerprint density at radius 2 is 1.85 bits per heavy atom. The topological polar surface area (TPSA) is 98.5 Å². The first-order valence-corrected chi connectivity index (χ1v) is 12.8. The van der Waals surface area contributed by atoms with Crippen LogP contribution in [0.4, 0.5) is 8.78 Å². The van der Waals surface area contributed by atoms with Gasteiger partial charge >= 0.3 is 0 Å². The van der Waals surface area contributed by atoms with E-state index >= 15 is 0 Å². The summed E-state index contributed by atoms with van der Waals surface area (Å²) in [5.74, 6) is -0.732. The first kappa shape index (κ1) is 29.2. The maximum Gasteiger partial charge on any atom is 0.248 e. The van der Waals surface area contributed by atoms with Gasteiger partial charge in [-0.2, -0.15) is 0 Å². The summed E-state index contributed by atoms with van der Waals surface area (Å²) in [6, 6.07) is 8.45. The van der Waals surface area contributed by atoms with Crippen molar-refractivity contribution in [2.75, 3.05) is 60.2 Å². The van der Waals surface area contributed by atoms with Crippen LogP contribution < -0.4 is 14.2 Å². The Labute approximate surface area is 231 Å². The zero-order chi connectivity index (χ0) is 28.5. The van der Waals surface area contributed by atoms with E-state index in [4.69, 9.17) is 18.9 Å². The molecule has 0 bridgehead atoms. The van der Waals surface area contributed by atoms with Gasteiger partial charge in [0.25, 0.3) is 0 Å². The predicted octanol–water partition coefficient (Wildman–Crippen LogP) is 2.35. The molecule has 1 aliphatic rings. The fraction of sp³-hybridized carbons (Fsp3) is 0.429. The Hall–Kier alpha value is -3.74. The van der Waals surface area contributed by atoms with Gasteiger partial charge in [-0.25, -0.2) is 13.8 Å². The van der Waals surface area contributed by atoms with Crippen molar-refractivity contribution in [3.8, 4) is 17.2 Å². The number of nitrogens with zero attached hydrogens (tertiary/aromatic N) is 4. The van der Waals surface area contributed by atoms with E-state index in [9.17, 15) is 18.7 Å². The van der Waals surface area contributed by atoms with Crippen molar-refractivity contribution in [1.82, 2.24) is 19.4 Å². The van der Waals surface area contributed by atoms with Crippen LogP contribution in [0.3, 0.4) is 0 Å². The van der Waals surface area contributed by atoms with E-state index in [1.54, 1.807) is 19.6 Å². The van der Waals surface area contributed by atoms with Gasteiger partial charge in [0.2, 0.25) is 5.91 Å². The van der Waals surface area contributed by atoms with Crippen LogP contribution in [0.5, 0.6) is 17.2 Å². The average Bonchev–Trinajstić information content (AvgIpc) is 3.37. The summed E-state index contributed by atoms with van der Waals surface area (Å²) in [6.07, 6.45) is 5.29. The number of hydrogen-bond acceptors (Lipinski definition) is 8. The standard InChI is InChI=1S/C28H34F2N4O6/c1-37-16-27(35)34-8-7-33(17-28(36,18-34)19-40-24-13-22(29)12-23(30)14-24)15-21-3-4-25(26(11-21)38-2)39-10-9-32-6-5-31-20-32/h3-6,11-14,20,36H,7-10,15-19H2,1-2H3. The van der Waals surface area contributed by atoms with Crippen LogP contribution in [0.1, 0.15) is 5.56 Å². The number of aliphatic hydroxyl groups is 1. The molecule has 1 atom stereocenters. The summed E-state index contributed by atoms with van der Waals surface area (Å²) >= 11 is 0. The lowest BCUT2D eigenvalue weighted by molar-refractivity contribution is -0.138. The van der Waals surface area contributed by atoms with Crippen LogP contribution in [-0.4, -0.2) is 96.2 Å². The Kier molecular flexibility index (Phi) is 9.91. The zero-order valence-corrected chi connectivity index (χ0v) is 22.6. The molecule has 2 aromatic carbocycles. The number of carbonyl (C=O) groups is 1. The number of methoxy groups -OCH3 is 2. The van der Waals surface area contributed by atoms with Gasteiger partial charge in [-0.05, 0) is 17.7 Å². The quantitative estimate of drug-likeness (QED) is 0.361. The summed E-state index contributed by atoms with van der Waals surface area (Å²) in [5.41, 5.74) is -0.616. The van der Waals surface area contributed by atoms with Crippen LogP contribution in [0.15, 0.2) is 55.1 Å².